The number of esters is 2. The van der Waals surface area contributed by atoms with Gasteiger partial charge in [0.2, 0.25) is 0 Å². The Morgan fingerprint density at radius 2 is 1.03 bits per heavy atom. The second-order valence-corrected chi connectivity index (χ2v) is 8.90. The Hall–Kier alpha value is -3.04. The van der Waals surface area contributed by atoms with Crippen LogP contribution >= 0.6 is 0 Å². The molecule has 2 amide bonds. The molecule has 0 aliphatic heterocycles. The third kappa shape index (κ3) is 7.00. The lowest BCUT2D eigenvalue weighted by atomic mass is 9.51. The van der Waals surface area contributed by atoms with Gasteiger partial charge in [-0.15, -0.1) is 0 Å². The van der Waals surface area contributed by atoms with Gasteiger partial charge in [0, 0.05) is 22.0 Å². The van der Waals surface area contributed by atoms with Gasteiger partial charge in [-0.05, 0) is 13.8 Å². The van der Waals surface area contributed by atoms with Crippen molar-refractivity contribution < 1.29 is 38.1 Å². The van der Waals surface area contributed by atoms with Gasteiger partial charge in [-0.25, -0.2) is 19.2 Å². The normalized spacial score (nSPS) is 20.1. The zero-order valence-corrected chi connectivity index (χ0v) is 19.7. The van der Waals surface area contributed by atoms with Crippen LogP contribution in [0, 0.1) is 10.8 Å². The molecule has 0 unspecified atom stereocenters. The Labute approximate surface area is 188 Å². The van der Waals surface area contributed by atoms with Gasteiger partial charge < -0.3 is 29.6 Å². The van der Waals surface area contributed by atoms with Crippen LogP contribution in [0.2, 0.25) is 0 Å². The molecule has 0 atom stereocenters. The van der Waals surface area contributed by atoms with E-state index in [1.54, 1.807) is 0 Å². The summed E-state index contributed by atoms with van der Waals surface area (Å²) >= 11 is 0. The molecule has 1 aliphatic carbocycles. The minimum atomic E-state index is -0.662. The molecular weight excluding hydrogens is 420 g/mol. The summed E-state index contributed by atoms with van der Waals surface area (Å²) in [6.45, 7) is 17.5. The van der Waals surface area contributed by atoms with E-state index in [1.807, 2.05) is 27.7 Å². The molecular formula is C22H34N2O8. The van der Waals surface area contributed by atoms with Crippen molar-refractivity contribution in [2.75, 3.05) is 26.3 Å². The van der Waals surface area contributed by atoms with Crippen LogP contribution in [0.4, 0.5) is 9.59 Å². The molecule has 10 nitrogen and oxygen atoms in total. The minimum absolute atomic E-state index is 0.00810. The molecule has 1 fully saturated rings. The smallest absolute Gasteiger partial charge is 0.407 e. The first-order valence-electron chi connectivity index (χ1n) is 10.3. The molecule has 1 rings (SSSR count). The maximum Gasteiger partial charge on any atom is 0.407 e. The largest absolute Gasteiger partial charge is 0.460 e. The zero-order valence-electron chi connectivity index (χ0n) is 19.7. The summed E-state index contributed by atoms with van der Waals surface area (Å²) in [5, 5.41) is 5.05. The predicted molar refractivity (Wildman–Crippen MR) is 116 cm³/mol. The lowest BCUT2D eigenvalue weighted by Gasteiger charge is -2.61. The van der Waals surface area contributed by atoms with Crippen molar-refractivity contribution in [1.29, 1.82) is 0 Å². The van der Waals surface area contributed by atoms with Crippen LogP contribution in [0.5, 0.6) is 0 Å². The summed E-state index contributed by atoms with van der Waals surface area (Å²) in [7, 11) is 0. The molecule has 0 heterocycles. The average Bonchev–Trinajstić information content (AvgIpc) is 2.69. The highest BCUT2D eigenvalue weighted by Crippen LogP contribution is 2.57. The summed E-state index contributed by atoms with van der Waals surface area (Å²) in [4.78, 5) is 46.9. The van der Waals surface area contributed by atoms with Gasteiger partial charge in [0.25, 0.3) is 0 Å². The summed E-state index contributed by atoms with van der Waals surface area (Å²) in [5.41, 5.74) is -0.740. The summed E-state index contributed by atoms with van der Waals surface area (Å²) in [6, 6.07) is 0. The number of ether oxygens (including phenoxy) is 4. The number of amides is 2. The Morgan fingerprint density at radius 3 is 1.31 bits per heavy atom. The number of rotatable bonds is 10. The number of hydrogen-bond acceptors (Lipinski definition) is 8. The van der Waals surface area contributed by atoms with Crippen LogP contribution in [0.15, 0.2) is 24.3 Å². The van der Waals surface area contributed by atoms with Crippen molar-refractivity contribution in [2.24, 2.45) is 10.8 Å². The van der Waals surface area contributed by atoms with E-state index in [0.29, 0.717) is 0 Å². The fraction of sp³-hybridized carbons (Fsp3) is 0.636. The van der Waals surface area contributed by atoms with E-state index in [1.165, 1.54) is 13.8 Å². The van der Waals surface area contributed by atoms with Crippen LogP contribution in [-0.2, 0) is 28.5 Å². The molecule has 2 N–H and O–H groups in total. The van der Waals surface area contributed by atoms with E-state index in [9.17, 15) is 19.2 Å². The first-order chi connectivity index (χ1) is 14.7. The molecule has 0 radical (unpaired) electrons. The van der Waals surface area contributed by atoms with E-state index in [-0.39, 0.29) is 37.4 Å². The monoisotopic (exact) mass is 454 g/mol. The highest BCUT2D eigenvalue weighted by molar-refractivity contribution is 5.87. The SMILES string of the molecule is C=C(C)C(=O)OCCNC(=O)O[C@H]1C(C)(C)[C@H](OC(=O)NCCOC(=O)C(=C)C)C1(C)C. The van der Waals surface area contributed by atoms with Crippen LogP contribution in [0.25, 0.3) is 0 Å². The Balaban J connectivity index is 2.46. The third-order valence-electron chi connectivity index (χ3n) is 5.06. The topological polar surface area (TPSA) is 129 Å². The van der Waals surface area contributed by atoms with Crippen molar-refractivity contribution >= 4 is 24.1 Å². The average molecular weight is 455 g/mol. The molecule has 32 heavy (non-hydrogen) atoms. The van der Waals surface area contributed by atoms with E-state index in [0.717, 1.165) is 0 Å². The zero-order chi connectivity index (χ0) is 24.7. The number of carbonyl (C=O) groups is 4. The van der Waals surface area contributed by atoms with Gasteiger partial charge in [-0.2, -0.15) is 0 Å². The fourth-order valence-electron chi connectivity index (χ4n) is 3.84. The number of carbonyl (C=O) groups excluding carboxylic acids is 4. The minimum Gasteiger partial charge on any atom is -0.460 e. The molecule has 1 aliphatic rings. The Morgan fingerprint density at radius 1 is 0.719 bits per heavy atom. The van der Waals surface area contributed by atoms with E-state index in [2.05, 4.69) is 23.8 Å². The van der Waals surface area contributed by atoms with Crippen molar-refractivity contribution in [3.05, 3.63) is 24.3 Å². The van der Waals surface area contributed by atoms with Gasteiger partial charge in [0.1, 0.15) is 25.4 Å². The van der Waals surface area contributed by atoms with Crippen molar-refractivity contribution in [3.63, 3.8) is 0 Å². The molecule has 0 aromatic carbocycles. The quantitative estimate of drug-likeness (QED) is 0.223. The molecule has 0 bridgehead atoms. The maximum atomic E-state index is 12.1. The van der Waals surface area contributed by atoms with Crippen LogP contribution in [-0.4, -0.2) is 62.6 Å². The third-order valence-corrected chi connectivity index (χ3v) is 5.06. The van der Waals surface area contributed by atoms with Crippen molar-refractivity contribution in [3.8, 4) is 0 Å². The van der Waals surface area contributed by atoms with E-state index in [4.69, 9.17) is 18.9 Å². The van der Waals surface area contributed by atoms with E-state index >= 15 is 0 Å². The van der Waals surface area contributed by atoms with Gasteiger partial charge in [-0.1, -0.05) is 40.9 Å². The van der Waals surface area contributed by atoms with Gasteiger partial charge in [0.15, 0.2) is 0 Å². The van der Waals surface area contributed by atoms with Crippen LogP contribution < -0.4 is 10.6 Å². The molecule has 1 saturated carbocycles. The van der Waals surface area contributed by atoms with Gasteiger partial charge >= 0.3 is 24.1 Å². The molecule has 0 spiro atoms. The predicted octanol–water partition coefficient (Wildman–Crippen LogP) is 2.48. The van der Waals surface area contributed by atoms with Crippen LogP contribution in [0.3, 0.4) is 0 Å². The van der Waals surface area contributed by atoms with Gasteiger partial charge in [-0.3, -0.25) is 0 Å². The second-order valence-electron chi connectivity index (χ2n) is 8.90. The molecule has 10 heteroatoms. The van der Waals surface area contributed by atoms with Crippen LogP contribution in [0.1, 0.15) is 41.5 Å². The summed E-state index contributed by atoms with van der Waals surface area (Å²) in [5.74, 6) is -1.07. The Kier molecular flexibility index (Phi) is 9.29. The highest BCUT2D eigenvalue weighted by Gasteiger charge is 2.66. The first-order valence-corrected chi connectivity index (χ1v) is 10.3. The molecule has 0 aromatic rings. The molecule has 0 aromatic heterocycles. The number of hydrogen-bond donors (Lipinski definition) is 2. The summed E-state index contributed by atoms with van der Waals surface area (Å²) in [6.07, 6.45) is -2.38. The second kappa shape index (κ2) is 11.0. The standard InChI is InChI=1S/C22H34N2O8/c1-13(2)15(25)29-11-9-23-19(27)31-17-21(5,6)18(22(17,7)8)32-20(28)24-10-12-30-16(26)14(3)4/h17-18H,1,3,9-12H2,2,4-8H3,(H,23,27)(H,24,28)/t17-,18-. The lowest BCUT2D eigenvalue weighted by Crippen LogP contribution is -2.70. The number of alkyl carbamates (subject to hydrolysis) is 2. The maximum absolute atomic E-state index is 12.1. The Bertz CT molecular complexity index is 696. The summed E-state index contributed by atoms with van der Waals surface area (Å²) < 4.78 is 20.9. The highest BCUT2D eigenvalue weighted by atomic mass is 16.6. The van der Waals surface area contributed by atoms with Gasteiger partial charge in [0.05, 0.1) is 13.1 Å². The van der Waals surface area contributed by atoms with Crippen molar-refractivity contribution in [2.45, 2.75) is 53.8 Å². The first kappa shape index (κ1) is 27.0. The molecule has 180 valence electrons. The lowest BCUT2D eigenvalue weighted by molar-refractivity contribution is -0.244. The van der Waals surface area contributed by atoms with E-state index < -0.39 is 47.2 Å². The molecule has 0 saturated heterocycles. The fourth-order valence-corrected chi connectivity index (χ4v) is 3.84. The number of nitrogens with one attached hydrogen (secondary N) is 2. The van der Waals surface area contributed by atoms with Crippen molar-refractivity contribution in [1.82, 2.24) is 10.6 Å².